The number of fused-ring (bicyclic) bond motifs is 1. The highest BCUT2D eigenvalue weighted by Crippen LogP contribution is 2.40. The van der Waals surface area contributed by atoms with Crippen LogP contribution in [-0.4, -0.2) is 42.3 Å². The fourth-order valence-electron chi connectivity index (χ4n) is 4.99. The Hall–Kier alpha value is -2.31. The summed E-state index contributed by atoms with van der Waals surface area (Å²) in [5.41, 5.74) is 1.80. The van der Waals surface area contributed by atoms with Crippen molar-refractivity contribution in [3.63, 3.8) is 0 Å². The number of rotatable bonds is 7. The Bertz CT molecular complexity index is 777. The molecule has 1 unspecified atom stereocenters. The summed E-state index contributed by atoms with van der Waals surface area (Å²) < 4.78 is 13.7. The maximum atomic E-state index is 13.7. The number of carbonyl (C=O) groups excluding carboxylic acids is 1. The van der Waals surface area contributed by atoms with Crippen LogP contribution in [0.5, 0.6) is 0 Å². The van der Waals surface area contributed by atoms with Gasteiger partial charge in [0.25, 0.3) is 0 Å². The van der Waals surface area contributed by atoms with Gasteiger partial charge >= 0.3 is 6.09 Å². The molecule has 3 N–H and O–H groups in total. The quantitative estimate of drug-likeness (QED) is 0.623. The molecular formula is C23H34FN3O3. The predicted molar refractivity (Wildman–Crippen MR) is 115 cm³/mol. The Morgan fingerprint density at radius 3 is 2.60 bits per heavy atom. The van der Waals surface area contributed by atoms with Gasteiger partial charge in [0, 0.05) is 30.2 Å². The molecule has 3 rings (SSSR count). The lowest BCUT2D eigenvalue weighted by atomic mass is 9.84. The molecule has 1 aliphatic heterocycles. The first-order valence-corrected chi connectivity index (χ1v) is 11.0. The molecule has 30 heavy (non-hydrogen) atoms. The first-order chi connectivity index (χ1) is 14.2. The summed E-state index contributed by atoms with van der Waals surface area (Å²) in [7, 11) is 0. The van der Waals surface area contributed by atoms with Gasteiger partial charge in [0.05, 0.1) is 0 Å². The lowest BCUT2D eigenvalue weighted by Crippen LogP contribution is -2.52. The van der Waals surface area contributed by atoms with Crippen LogP contribution in [0.25, 0.3) is 0 Å². The van der Waals surface area contributed by atoms with Crippen molar-refractivity contribution in [2.24, 2.45) is 5.92 Å². The molecule has 1 heterocycles. The Morgan fingerprint density at radius 1 is 1.23 bits per heavy atom. The average Bonchev–Trinajstić information content (AvgIpc) is 2.91. The molecule has 166 valence electrons. The van der Waals surface area contributed by atoms with Crippen LogP contribution >= 0.6 is 0 Å². The van der Waals surface area contributed by atoms with Crippen molar-refractivity contribution in [1.82, 2.24) is 10.6 Å². The van der Waals surface area contributed by atoms with Crippen LogP contribution in [0.15, 0.2) is 18.2 Å². The number of amides is 2. The summed E-state index contributed by atoms with van der Waals surface area (Å²) in [5, 5.41) is 14.6. The average molecular weight is 420 g/mol. The number of nitrogens with one attached hydrogen (secondary N) is 2. The standard InChI is InChI=1S/C23H34FN3O3/c1-15(13-27-14-23(2,3)18-12-17(24)9-10-20(18)27)25-21(28)19(26-22(29)30)11-16-7-5-4-6-8-16/h9-10,12,15-16,19,26H,4-8,11,13-14H2,1-3H3,(H,25,28)(H,29,30)/t15-,19?/m0/s1. The van der Waals surface area contributed by atoms with Crippen LogP contribution in [0.1, 0.15) is 64.9 Å². The maximum Gasteiger partial charge on any atom is 0.405 e. The monoisotopic (exact) mass is 419 g/mol. The van der Waals surface area contributed by atoms with E-state index < -0.39 is 12.1 Å². The molecule has 0 bridgehead atoms. The van der Waals surface area contributed by atoms with Gasteiger partial charge < -0.3 is 20.6 Å². The zero-order chi connectivity index (χ0) is 21.9. The summed E-state index contributed by atoms with van der Waals surface area (Å²) >= 11 is 0. The van der Waals surface area contributed by atoms with E-state index in [4.69, 9.17) is 0 Å². The molecule has 1 fully saturated rings. The van der Waals surface area contributed by atoms with Crippen molar-refractivity contribution in [2.45, 2.75) is 76.8 Å². The van der Waals surface area contributed by atoms with Crippen LogP contribution in [-0.2, 0) is 10.2 Å². The first kappa shape index (κ1) is 22.4. The summed E-state index contributed by atoms with van der Waals surface area (Å²) in [6.45, 7) is 7.42. The topological polar surface area (TPSA) is 81.7 Å². The van der Waals surface area contributed by atoms with E-state index in [9.17, 15) is 19.1 Å². The number of nitrogens with zero attached hydrogens (tertiary/aromatic N) is 1. The SMILES string of the molecule is C[C@@H](CN1CC(C)(C)c2cc(F)ccc21)NC(=O)C(CC1CCCCC1)NC(=O)O. The molecule has 0 aromatic heterocycles. The molecule has 1 aliphatic carbocycles. The van der Waals surface area contributed by atoms with E-state index in [2.05, 4.69) is 29.4 Å². The van der Waals surface area contributed by atoms with Gasteiger partial charge in [-0.2, -0.15) is 0 Å². The maximum absolute atomic E-state index is 13.7. The predicted octanol–water partition coefficient (Wildman–Crippen LogP) is 4.03. The second-order valence-corrected chi connectivity index (χ2v) is 9.58. The molecule has 1 aromatic carbocycles. The summed E-state index contributed by atoms with van der Waals surface area (Å²) in [6, 6.07) is 3.95. The van der Waals surface area contributed by atoms with E-state index >= 15 is 0 Å². The van der Waals surface area contributed by atoms with Crippen molar-refractivity contribution in [2.75, 3.05) is 18.0 Å². The smallest absolute Gasteiger partial charge is 0.405 e. The number of halogens is 1. The van der Waals surface area contributed by atoms with E-state index in [1.165, 1.54) is 12.5 Å². The van der Waals surface area contributed by atoms with Crippen LogP contribution in [0.2, 0.25) is 0 Å². The van der Waals surface area contributed by atoms with Gasteiger partial charge in [-0.15, -0.1) is 0 Å². The first-order valence-electron chi connectivity index (χ1n) is 11.0. The largest absolute Gasteiger partial charge is 0.465 e. The minimum atomic E-state index is -1.17. The minimum absolute atomic E-state index is 0.171. The van der Waals surface area contributed by atoms with Crippen molar-refractivity contribution in [3.05, 3.63) is 29.6 Å². The highest BCUT2D eigenvalue weighted by molar-refractivity contribution is 5.85. The van der Waals surface area contributed by atoms with Crippen LogP contribution < -0.4 is 15.5 Å². The van der Waals surface area contributed by atoms with Gasteiger partial charge in [0.2, 0.25) is 5.91 Å². The highest BCUT2D eigenvalue weighted by atomic mass is 19.1. The zero-order valence-corrected chi connectivity index (χ0v) is 18.2. The van der Waals surface area contributed by atoms with E-state index in [-0.39, 0.29) is 23.2 Å². The summed E-state index contributed by atoms with van der Waals surface area (Å²) in [6.07, 6.45) is 4.99. The van der Waals surface area contributed by atoms with Crippen LogP contribution in [0.3, 0.4) is 0 Å². The van der Waals surface area contributed by atoms with E-state index in [1.807, 2.05) is 6.92 Å². The van der Waals surface area contributed by atoms with Gasteiger partial charge in [-0.1, -0.05) is 46.0 Å². The molecule has 2 aliphatic rings. The number of hydrogen-bond donors (Lipinski definition) is 3. The normalized spacial score (nSPS) is 20.3. The molecule has 2 atom stereocenters. The molecule has 1 aromatic rings. The van der Waals surface area contributed by atoms with Crippen molar-refractivity contribution in [1.29, 1.82) is 0 Å². The van der Waals surface area contributed by atoms with Gasteiger partial charge in [-0.3, -0.25) is 4.79 Å². The second kappa shape index (κ2) is 9.23. The fourth-order valence-corrected chi connectivity index (χ4v) is 4.99. The van der Waals surface area contributed by atoms with Gasteiger partial charge in [0.15, 0.2) is 0 Å². The molecule has 0 saturated heterocycles. The Kier molecular flexibility index (Phi) is 6.88. The Morgan fingerprint density at radius 2 is 1.93 bits per heavy atom. The number of hydrogen-bond acceptors (Lipinski definition) is 3. The fraction of sp³-hybridized carbons (Fsp3) is 0.652. The Labute approximate surface area is 178 Å². The molecular weight excluding hydrogens is 385 g/mol. The van der Waals surface area contributed by atoms with Crippen LogP contribution in [0.4, 0.5) is 14.9 Å². The lowest BCUT2D eigenvalue weighted by Gasteiger charge is -2.29. The molecule has 6 nitrogen and oxygen atoms in total. The molecule has 0 spiro atoms. The van der Waals surface area contributed by atoms with Gasteiger partial charge in [-0.25, -0.2) is 9.18 Å². The molecule has 7 heteroatoms. The number of benzene rings is 1. The lowest BCUT2D eigenvalue weighted by molar-refractivity contribution is -0.124. The molecule has 2 amide bonds. The highest BCUT2D eigenvalue weighted by Gasteiger charge is 2.36. The molecule has 1 saturated carbocycles. The Balaban J connectivity index is 1.62. The second-order valence-electron chi connectivity index (χ2n) is 9.58. The van der Waals surface area contributed by atoms with E-state index in [0.29, 0.717) is 18.9 Å². The van der Waals surface area contributed by atoms with E-state index in [1.54, 1.807) is 12.1 Å². The third kappa shape index (κ3) is 5.43. The molecule has 0 radical (unpaired) electrons. The van der Waals surface area contributed by atoms with Crippen molar-refractivity contribution in [3.8, 4) is 0 Å². The van der Waals surface area contributed by atoms with E-state index in [0.717, 1.165) is 43.5 Å². The third-order valence-electron chi connectivity index (χ3n) is 6.41. The summed E-state index contributed by atoms with van der Waals surface area (Å²) in [4.78, 5) is 26.2. The van der Waals surface area contributed by atoms with Crippen molar-refractivity contribution >= 4 is 17.7 Å². The van der Waals surface area contributed by atoms with Gasteiger partial charge in [0.1, 0.15) is 11.9 Å². The van der Waals surface area contributed by atoms with Crippen molar-refractivity contribution < 1.29 is 19.1 Å². The minimum Gasteiger partial charge on any atom is -0.465 e. The number of carbonyl (C=O) groups is 2. The number of anilines is 1. The summed E-state index contributed by atoms with van der Waals surface area (Å²) in [5.74, 6) is -0.124. The third-order valence-corrected chi connectivity index (χ3v) is 6.41. The number of carboxylic acid groups (broad SMARTS) is 1. The van der Waals surface area contributed by atoms with Gasteiger partial charge in [-0.05, 0) is 43.0 Å². The van der Waals surface area contributed by atoms with Crippen LogP contribution in [0, 0.1) is 11.7 Å². The zero-order valence-electron chi connectivity index (χ0n) is 18.2.